The van der Waals surface area contributed by atoms with Crippen molar-refractivity contribution in [3.8, 4) is 0 Å². The lowest BCUT2D eigenvalue weighted by atomic mass is 10.1. The number of carbonyl (C=O) groups is 1. The highest BCUT2D eigenvalue weighted by Crippen LogP contribution is 2.29. The van der Waals surface area contributed by atoms with Crippen LogP contribution in [-0.2, 0) is 0 Å². The molecule has 0 saturated heterocycles. The van der Waals surface area contributed by atoms with E-state index in [1.165, 1.54) is 6.33 Å². The molecule has 5 nitrogen and oxygen atoms in total. The largest absolute Gasteiger partial charge is 0.349 e. The third-order valence-corrected chi connectivity index (χ3v) is 3.30. The summed E-state index contributed by atoms with van der Waals surface area (Å²) < 4.78 is 0. The van der Waals surface area contributed by atoms with E-state index >= 15 is 0 Å². The lowest BCUT2D eigenvalue weighted by Crippen LogP contribution is -2.30. The highest BCUT2D eigenvalue weighted by molar-refractivity contribution is 6.33. The zero-order chi connectivity index (χ0) is 16.3. The molecule has 1 amide bonds. The molecular weight excluding hydrogens is 300 g/mol. The monoisotopic (exact) mass is 318 g/mol. The number of anilines is 2. The third-order valence-electron chi connectivity index (χ3n) is 3.00. The topological polar surface area (TPSA) is 66.9 Å². The highest BCUT2D eigenvalue weighted by Gasteiger charge is 2.11. The van der Waals surface area contributed by atoms with Gasteiger partial charge in [-0.25, -0.2) is 9.97 Å². The minimum atomic E-state index is -0.229. The number of amides is 1. The number of nitrogens with zero attached hydrogens (tertiary/aromatic N) is 2. The number of aromatic nitrogens is 2. The summed E-state index contributed by atoms with van der Waals surface area (Å²) in [6.45, 7) is 7.75. The molecule has 0 fully saturated rings. The van der Waals surface area contributed by atoms with Crippen molar-refractivity contribution in [2.45, 2.75) is 33.7 Å². The van der Waals surface area contributed by atoms with Crippen LogP contribution in [0.25, 0.3) is 0 Å². The minimum absolute atomic E-state index is 0.0488. The Morgan fingerprint density at radius 2 is 1.91 bits per heavy atom. The first-order valence-corrected chi connectivity index (χ1v) is 7.41. The molecule has 1 aromatic heterocycles. The Labute approximate surface area is 135 Å². The highest BCUT2D eigenvalue weighted by atomic mass is 35.5. The molecule has 0 aliphatic rings. The molecule has 0 bridgehead atoms. The van der Waals surface area contributed by atoms with E-state index in [2.05, 4.69) is 20.6 Å². The molecule has 0 aliphatic heterocycles. The first-order chi connectivity index (χ1) is 10.4. The molecule has 2 aromatic rings. The van der Waals surface area contributed by atoms with Crippen molar-refractivity contribution in [1.29, 1.82) is 0 Å². The number of halogens is 1. The summed E-state index contributed by atoms with van der Waals surface area (Å²) in [5.74, 6) is 0.296. The van der Waals surface area contributed by atoms with Crippen LogP contribution in [0.5, 0.6) is 0 Å². The Hall–Kier alpha value is -2.14. The summed E-state index contributed by atoms with van der Waals surface area (Å²) in [5.41, 5.74) is 3.19. The van der Waals surface area contributed by atoms with Gasteiger partial charge in [0.05, 0.1) is 10.7 Å². The number of hydrogen-bond acceptors (Lipinski definition) is 4. The molecule has 22 heavy (non-hydrogen) atoms. The Morgan fingerprint density at radius 1 is 1.18 bits per heavy atom. The zero-order valence-electron chi connectivity index (χ0n) is 13.1. The van der Waals surface area contributed by atoms with Gasteiger partial charge in [0.2, 0.25) is 0 Å². The summed E-state index contributed by atoms with van der Waals surface area (Å²) in [5, 5.41) is 6.57. The van der Waals surface area contributed by atoms with E-state index in [4.69, 9.17) is 11.6 Å². The maximum atomic E-state index is 12.0. The van der Waals surface area contributed by atoms with E-state index in [-0.39, 0.29) is 11.9 Å². The summed E-state index contributed by atoms with van der Waals surface area (Å²) in [4.78, 5) is 20.1. The Bertz CT molecular complexity index is 677. The van der Waals surface area contributed by atoms with Crippen molar-refractivity contribution < 1.29 is 4.79 Å². The predicted octanol–water partition coefficient (Wildman–Crippen LogP) is 3.63. The lowest BCUT2D eigenvalue weighted by molar-refractivity contribution is 0.0938. The summed E-state index contributed by atoms with van der Waals surface area (Å²) >= 11 is 6.27. The molecule has 2 rings (SSSR count). The van der Waals surface area contributed by atoms with Gasteiger partial charge in [-0.1, -0.05) is 17.7 Å². The number of rotatable bonds is 4. The van der Waals surface area contributed by atoms with Crippen molar-refractivity contribution in [3.05, 3.63) is 46.4 Å². The molecular formula is C16H19ClN4O. The van der Waals surface area contributed by atoms with Crippen LogP contribution in [0.1, 0.15) is 35.5 Å². The lowest BCUT2D eigenvalue weighted by Gasteiger charge is -2.13. The van der Waals surface area contributed by atoms with Crippen molar-refractivity contribution in [1.82, 2.24) is 15.3 Å². The van der Waals surface area contributed by atoms with Gasteiger partial charge in [-0.2, -0.15) is 0 Å². The van der Waals surface area contributed by atoms with E-state index < -0.39 is 0 Å². The van der Waals surface area contributed by atoms with Crippen molar-refractivity contribution in [2.75, 3.05) is 5.32 Å². The summed E-state index contributed by atoms with van der Waals surface area (Å²) in [6.07, 6.45) is 1.36. The smallest absolute Gasteiger partial charge is 0.270 e. The van der Waals surface area contributed by atoms with E-state index in [9.17, 15) is 4.79 Å². The van der Waals surface area contributed by atoms with Gasteiger partial charge in [-0.15, -0.1) is 0 Å². The van der Waals surface area contributed by atoms with E-state index in [1.54, 1.807) is 6.07 Å². The molecule has 0 radical (unpaired) electrons. The molecule has 0 aliphatic carbocycles. The quantitative estimate of drug-likeness (QED) is 0.903. The molecule has 1 aromatic carbocycles. The van der Waals surface area contributed by atoms with Gasteiger partial charge < -0.3 is 10.6 Å². The minimum Gasteiger partial charge on any atom is -0.349 e. The van der Waals surface area contributed by atoms with Gasteiger partial charge in [-0.05, 0) is 44.9 Å². The second-order valence-electron chi connectivity index (χ2n) is 5.48. The fourth-order valence-corrected chi connectivity index (χ4v) is 2.46. The van der Waals surface area contributed by atoms with Gasteiger partial charge in [0, 0.05) is 12.1 Å². The standard InChI is InChI=1S/C16H19ClN4O/c1-9(2)20-16(22)13-7-14(19-8-18-13)21-15-11(4)5-10(3)6-12(15)17/h5-9H,1-4H3,(H,20,22)(H,18,19,21). The summed E-state index contributed by atoms with van der Waals surface area (Å²) in [6, 6.07) is 5.56. The third kappa shape index (κ3) is 3.95. The molecule has 2 N–H and O–H groups in total. The van der Waals surface area contributed by atoms with Crippen molar-refractivity contribution in [3.63, 3.8) is 0 Å². The van der Waals surface area contributed by atoms with Gasteiger partial charge >= 0.3 is 0 Å². The predicted molar refractivity (Wildman–Crippen MR) is 88.8 cm³/mol. The fraction of sp³-hybridized carbons (Fsp3) is 0.312. The van der Waals surface area contributed by atoms with E-state index in [1.807, 2.05) is 39.8 Å². The molecule has 6 heteroatoms. The van der Waals surface area contributed by atoms with Crippen LogP contribution in [0.3, 0.4) is 0 Å². The maximum Gasteiger partial charge on any atom is 0.270 e. The second kappa shape index (κ2) is 6.75. The number of carbonyl (C=O) groups excluding carboxylic acids is 1. The van der Waals surface area contributed by atoms with Gasteiger partial charge in [-0.3, -0.25) is 4.79 Å². The average molecular weight is 319 g/mol. The molecule has 0 unspecified atom stereocenters. The molecule has 0 atom stereocenters. The Morgan fingerprint density at radius 3 is 2.55 bits per heavy atom. The Kier molecular flexibility index (Phi) is 4.98. The second-order valence-corrected chi connectivity index (χ2v) is 5.89. The van der Waals surface area contributed by atoms with Crippen LogP contribution in [0, 0.1) is 13.8 Å². The van der Waals surface area contributed by atoms with Gasteiger partial charge in [0.15, 0.2) is 0 Å². The van der Waals surface area contributed by atoms with Gasteiger partial charge in [0.25, 0.3) is 5.91 Å². The molecule has 116 valence electrons. The van der Waals surface area contributed by atoms with Crippen LogP contribution in [0.4, 0.5) is 11.5 Å². The molecule has 0 saturated carbocycles. The first kappa shape index (κ1) is 16.2. The Balaban J connectivity index is 2.26. The fourth-order valence-electron chi connectivity index (χ4n) is 2.09. The summed E-state index contributed by atoms with van der Waals surface area (Å²) in [7, 11) is 0. The van der Waals surface area contributed by atoms with E-state index in [0.717, 1.165) is 16.8 Å². The molecule has 0 spiro atoms. The molecule has 1 heterocycles. The number of nitrogens with one attached hydrogen (secondary N) is 2. The van der Waals surface area contributed by atoms with Crippen molar-refractivity contribution in [2.24, 2.45) is 0 Å². The van der Waals surface area contributed by atoms with E-state index in [0.29, 0.717) is 16.5 Å². The maximum absolute atomic E-state index is 12.0. The van der Waals surface area contributed by atoms with Crippen molar-refractivity contribution >= 4 is 29.0 Å². The number of benzene rings is 1. The van der Waals surface area contributed by atoms with Crippen LogP contribution < -0.4 is 10.6 Å². The average Bonchev–Trinajstić information content (AvgIpc) is 2.42. The van der Waals surface area contributed by atoms with Gasteiger partial charge in [0.1, 0.15) is 17.8 Å². The SMILES string of the molecule is Cc1cc(C)c(Nc2cc(C(=O)NC(C)C)ncn2)c(Cl)c1. The van der Waals surface area contributed by atoms with Crippen LogP contribution >= 0.6 is 11.6 Å². The van der Waals surface area contributed by atoms with Crippen LogP contribution in [0.2, 0.25) is 5.02 Å². The first-order valence-electron chi connectivity index (χ1n) is 7.03. The zero-order valence-corrected chi connectivity index (χ0v) is 13.8. The van der Waals surface area contributed by atoms with Crippen LogP contribution in [-0.4, -0.2) is 21.9 Å². The number of aryl methyl sites for hydroxylation is 2. The van der Waals surface area contributed by atoms with Crippen LogP contribution in [0.15, 0.2) is 24.5 Å². The number of hydrogen-bond donors (Lipinski definition) is 2. The normalized spacial score (nSPS) is 10.6.